The van der Waals surface area contributed by atoms with E-state index in [1.165, 1.54) is 13.3 Å². The van der Waals surface area contributed by atoms with Gasteiger partial charge in [-0.15, -0.1) is 0 Å². The van der Waals surface area contributed by atoms with Crippen LogP contribution < -0.4 is 9.47 Å². The Morgan fingerprint density at radius 2 is 2.19 bits per heavy atom. The fourth-order valence-corrected chi connectivity index (χ4v) is 1.99. The van der Waals surface area contributed by atoms with Crippen LogP contribution in [0.4, 0.5) is 0 Å². The number of amides is 1. The number of nitrogens with zero attached hydrogens (tertiary/aromatic N) is 2. The second-order valence-corrected chi connectivity index (χ2v) is 4.44. The minimum Gasteiger partial charge on any atom is -0.493 e. The Kier molecular flexibility index (Phi) is 5.39. The third-order valence-electron chi connectivity index (χ3n) is 3.11. The van der Waals surface area contributed by atoms with E-state index in [1.807, 2.05) is 0 Å². The molecule has 1 aliphatic heterocycles. The summed E-state index contributed by atoms with van der Waals surface area (Å²) in [6.07, 6.45) is 1.28. The van der Waals surface area contributed by atoms with E-state index in [9.17, 15) is 4.79 Å². The molecule has 0 spiro atoms. The molecule has 1 N–H and O–H groups in total. The number of carbonyl (C=O) groups excluding carboxylic acids is 1. The van der Waals surface area contributed by atoms with E-state index in [4.69, 9.17) is 19.4 Å². The number of benzene rings is 1. The second-order valence-electron chi connectivity index (χ2n) is 4.44. The Balaban J connectivity index is 1.97. The van der Waals surface area contributed by atoms with Gasteiger partial charge in [0.2, 0.25) is 0 Å². The quantitative estimate of drug-likeness (QED) is 0.492. The maximum Gasteiger partial charge on any atom is 0.260 e. The van der Waals surface area contributed by atoms with Crippen LogP contribution in [0.25, 0.3) is 0 Å². The Morgan fingerprint density at radius 1 is 1.43 bits per heavy atom. The summed E-state index contributed by atoms with van der Waals surface area (Å²) >= 11 is 0. The molecule has 1 aromatic carbocycles. The van der Waals surface area contributed by atoms with Gasteiger partial charge in [-0.1, -0.05) is 5.16 Å². The predicted octanol–water partition coefficient (Wildman–Crippen LogP) is 0.741. The Hall–Kier alpha value is -2.28. The topological polar surface area (TPSA) is 80.6 Å². The van der Waals surface area contributed by atoms with Crippen molar-refractivity contribution in [1.29, 1.82) is 0 Å². The lowest BCUT2D eigenvalue weighted by Crippen LogP contribution is -2.43. The highest BCUT2D eigenvalue weighted by Gasteiger charge is 2.17. The van der Waals surface area contributed by atoms with Crippen LogP contribution in [0.2, 0.25) is 0 Å². The summed E-state index contributed by atoms with van der Waals surface area (Å²) in [5.74, 6) is 0.859. The smallest absolute Gasteiger partial charge is 0.260 e. The number of methoxy groups -OCH3 is 1. The molecular formula is C14H18N2O5. The van der Waals surface area contributed by atoms with Crippen LogP contribution in [0, 0.1) is 0 Å². The normalized spacial score (nSPS) is 15.2. The van der Waals surface area contributed by atoms with Crippen molar-refractivity contribution in [3.63, 3.8) is 0 Å². The van der Waals surface area contributed by atoms with Crippen molar-refractivity contribution >= 4 is 12.1 Å². The fraction of sp³-hybridized carbons (Fsp3) is 0.429. The summed E-state index contributed by atoms with van der Waals surface area (Å²) in [7, 11) is 1.51. The van der Waals surface area contributed by atoms with Gasteiger partial charge >= 0.3 is 0 Å². The van der Waals surface area contributed by atoms with Crippen molar-refractivity contribution in [2.75, 3.05) is 40.0 Å². The van der Waals surface area contributed by atoms with E-state index in [2.05, 4.69) is 5.16 Å². The van der Waals surface area contributed by atoms with Gasteiger partial charge in [0.1, 0.15) is 0 Å². The first kappa shape index (κ1) is 15.1. The van der Waals surface area contributed by atoms with Gasteiger partial charge in [-0.25, -0.2) is 0 Å². The van der Waals surface area contributed by atoms with Crippen LogP contribution in [0.15, 0.2) is 23.4 Å². The van der Waals surface area contributed by atoms with E-state index in [1.54, 1.807) is 23.1 Å². The summed E-state index contributed by atoms with van der Waals surface area (Å²) in [6.45, 7) is 2.24. The zero-order chi connectivity index (χ0) is 15.1. The second kappa shape index (κ2) is 7.49. The molecule has 114 valence electrons. The Bertz CT molecular complexity index is 512. The average Bonchev–Trinajstić information content (AvgIpc) is 2.54. The van der Waals surface area contributed by atoms with Gasteiger partial charge in [0.25, 0.3) is 5.91 Å². The molecule has 0 radical (unpaired) electrons. The lowest BCUT2D eigenvalue weighted by Gasteiger charge is -2.26. The molecule has 0 unspecified atom stereocenters. The maximum absolute atomic E-state index is 12.0. The monoisotopic (exact) mass is 294 g/mol. The molecule has 1 aromatic rings. The molecule has 0 aromatic heterocycles. The van der Waals surface area contributed by atoms with Crippen molar-refractivity contribution in [2.24, 2.45) is 5.16 Å². The highest BCUT2D eigenvalue weighted by Crippen LogP contribution is 2.27. The van der Waals surface area contributed by atoms with Crippen molar-refractivity contribution < 1.29 is 24.2 Å². The minimum absolute atomic E-state index is 0.0518. The van der Waals surface area contributed by atoms with Crippen LogP contribution in [-0.4, -0.2) is 62.2 Å². The number of rotatable bonds is 5. The van der Waals surface area contributed by atoms with E-state index < -0.39 is 0 Å². The standard InChI is InChI=1S/C14H18N2O5/c1-19-13-8-11(9-15-18)2-3-12(13)21-10-14(17)16-4-6-20-7-5-16/h2-3,8-9,18H,4-7,10H2,1H3/b15-9+. The van der Waals surface area contributed by atoms with Crippen LogP contribution in [0.5, 0.6) is 11.5 Å². The molecule has 0 bridgehead atoms. The SMILES string of the molecule is COc1cc(/C=N/O)ccc1OCC(=O)N1CCOCC1. The van der Waals surface area contributed by atoms with E-state index in [0.717, 1.165) is 0 Å². The fourth-order valence-electron chi connectivity index (χ4n) is 1.99. The third-order valence-corrected chi connectivity index (χ3v) is 3.11. The molecule has 7 nitrogen and oxygen atoms in total. The van der Waals surface area contributed by atoms with E-state index in [0.29, 0.717) is 43.4 Å². The molecule has 0 aliphatic carbocycles. The van der Waals surface area contributed by atoms with Gasteiger partial charge in [0.05, 0.1) is 26.5 Å². The lowest BCUT2D eigenvalue weighted by molar-refractivity contribution is -0.137. The molecule has 0 saturated carbocycles. The maximum atomic E-state index is 12.0. The van der Waals surface area contributed by atoms with Crippen molar-refractivity contribution in [1.82, 2.24) is 4.90 Å². The predicted molar refractivity (Wildman–Crippen MR) is 75.3 cm³/mol. The first-order chi connectivity index (χ1) is 10.2. The summed E-state index contributed by atoms with van der Waals surface area (Å²) in [5.41, 5.74) is 0.668. The van der Waals surface area contributed by atoms with Gasteiger partial charge < -0.3 is 24.3 Å². The summed E-state index contributed by atoms with van der Waals surface area (Å²) in [4.78, 5) is 13.7. The lowest BCUT2D eigenvalue weighted by atomic mass is 10.2. The third kappa shape index (κ3) is 4.09. The van der Waals surface area contributed by atoms with Crippen molar-refractivity contribution in [2.45, 2.75) is 0 Å². The summed E-state index contributed by atoms with van der Waals surface area (Å²) in [5, 5.41) is 11.5. The largest absolute Gasteiger partial charge is 0.493 e. The molecule has 1 aliphatic rings. The summed E-state index contributed by atoms with van der Waals surface area (Å²) in [6, 6.07) is 5.04. The summed E-state index contributed by atoms with van der Waals surface area (Å²) < 4.78 is 15.9. The first-order valence-corrected chi connectivity index (χ1v) is 6.58. The number of hydrogen-bond acceptors (Lipinski definition) is 6. The Morgan fingerprint density at radius 3 is 2.86 bits per heavy atom. The molecule has 0 atom stereocenters. The highest BCUT2D eigenvalue weighted by atomic mass is 16.5. The number of morpholine rings is 1. The number of hydrogen-bond donors (Lipinski definition) is 1. The minimum atomic E-state index is -0.0821. The molecule has 2 rings (SSSR count). The molecule has 1 amide bonds. The molecule has 1 heterocycles. The van der Waals surface area contributed by atoms with Gasteiger partial charge in [0, 0.05) is 18.7 Å². The number of ether oxygens (including phenoxy) is 3. The molecule has 21 heavy (non-hydrogen) atoms. The molecule has 1 fully saturated rings. The average molecular weight is 294 g/mol. The van der Waals surface area contributed by atoms with Crippen LogP contribution >= 0.6 is 0 Å². The van der Waals surface area contributed by atoms with Crippen LogP contribution in [0.1, 0.15) is 5.56 Å². The van der Waals surface area contributed by atoms with Crippen molar-refractivity contribution in [3.8, 4) is 11.5 Å². The van der Waals surface area contributed by atoms with Gasteiger partial charge in [-0.05, 0) is 18.2 Å². The highest BCUT2D eigenvalue weighted by molar-refractivity contribution is 5.80. The first-order valence-electron chi connectivity index (χ1n) is 6.58. The van der Waals surface area contributed by atoms with Gasteiger partial charge in [0.15, 0.2) is 18.1 Å². The van der Waals surface area contributed by atoms with Crippen LogP contribution in [0.3, 0.4) is 0 Å². The zero-order valence-corrected chi connectivity index (χ0v) is 11.8. The van der Waals surface area contributed by atoms with E-state index >= 15 is 0 Å². The van der Waals surface area contributed by atoms with Crippen molar-refractivity contribution in [3.05, 3.63) is 23.8 Å². The van der Waals surface area contributed by atoms with Gasteiger partial charge in [-0.3, -0.25) is 4.79 Å². The van der Waals surface area contributed by atoms with Crippen LogP contribution in [-0.2, 0) is 9.53 Å². The Labute approximate surface area is 122 Å². The molecular weight excluding hydrogens is 276 g/mol. The van der Waals surface area contributed by atoms with E-state index in [-0.39, 0.29) is 12.5 Å². The molecule has 7 heteroatoms. The zero-order valence-electron chi connectivity index (χ0n) is 11.8. The number of carbonyl (C=O) groups is 1. The molecule has 1 saturated heterocycles. The van der Waals surface area contributed by atoms with Gasteiger partial charge in [-0.2, -0.15) is 0 Å². The number of oxime groups is 1.